The predicted octanol–water partition coefficient (Wildman–Crippen LogP) is 2.90. The largest absolute Gasteiger partial charge is 0.300 e. The van der Waals surface area contributed by atoms with Crippen LogP contribution in [0.4, 0.5) is 0 Å². The molecule has 2 nitrogen and oxygen atoms in total. The molecule has 0 aliphatic rings. The van der Waals surface area contributed by atoms with Gasteiger partial charge in [0.25, 0.3) is 0 Å². The molecular weight excluding hydrogens is 231 g/mol. The van der Waals surface area contributed by atoms with Crippen LogP contribution in [0.5, 0.6) is 0 Å². The van der Waals surface area contributed by atoms with Gasteiger partial charge in [-0.2, -0.15) is 5.26 Å². The standard InChI is InChI=1S/C11H12Cl2N2/c1-15(8-11(13)6-14)7-9-3-2-4-10(12)5-9/h2-5,11H,7-8H2,1H3. The van der Waals surface area contributed by atoms with Gasteiger partial charge < -0.3 is 0 Å². The summed E-state index contributed by atoms with van der Waals surface area (Å²) in [6.07, 6.45) is 0. The van der Waals surface area contributed by atoms with Crippen LogP contribution in [0.3, 0.4) is 0 Å². The van der Waals surface area contributed by atoms with E-state index in [-0.39, 0.29) is 0 Å². The molecule has 0 N–H and O–H groups in total. The van der Waals surface area contributed by atoms with Crippen LogP contribution in [0.25, 0.3) is 0 Å². The Labute approximate surface area is 100 Å². The molecule has 0 heterocycles. The summed E-state index contributed by atoms with van der Waals surface area (Å²) < 4.78 is 0. The molecule has 0 aromatic heterocycles. The molecule has 0 bridgehead atoms. The second kappa shape index (κ2) is 5.97. The Morgan fingerprint density at radius 1 is 1.53 bits per heavy atom. The SMILES string of the molecule is CN(Cc1cccc(Cl)c1)CC(Cl)C#N. The van der Waals surface area contributed by atoms with Gasteiger partial charge in [0.15, 0.2) is 0 Å². The smallest absolute Gasteiger partial charge is 0.133 e. The first-order valence-corrected chi connectivity index (χ1v) is 5.40. The van der Waals surface area contributed by atoms with Crippen molar-refractivity contribution in [1.82, 2.24) is 4.90 Å². The van der Waals surface area contributed by atoms with Gasteiger partial charge in [0, 0.05) is 18.1 Å². The van der Waals surface area contributed by atoms with Crippen molar-refractivity contribution in [2.75, 3.05) is 13.6 Å². The maximum absolute atomic E-state index is 8.56. The minimum atomic E-state index is -0.464. The summed E-state index contributed by atoms with van der Waals surface area (Å²) in [5.74, 6) is 0. The van der Waals surface area contributed by atoms with Gasteiger partial charge in [0.1, 0.15) is 5.38 Å². The lowest BCUT2D eigenvalue weighted by molar-refractivity contribution is 0.337. The van der Waals surface area contributed by atoms with Crippen molar-refractivity contribution in [3.05, 3.63) is 34.9 Å². The van der Waals surface area contributed by atoms with E-state index in [0.717, 1.165) is 17.1 Å². The van der Waals surface area contributed by atoms with E-state index in [1.54, 1.807) is 0 Å². The van der Waals surface area contributed by atoms with Gasteiger partial charge in [-0.05, 0) is 24.7 Å². The summed E-state index contributed by atoms with van der Waals surface area (Å²) in [5, 5.41) is 8.83. The molecular formula is C11H12Cl2N2. The molecule has 0 radical (unpaired) electrons. The lowest BCUT2D eigenvalue weighted by atomic mass is 10.2. The van der Waals surface area contributed by atoms with Crippen LogP contribution in [0.1, 0.15) is 5.56 Å². The van der Waals surface area contributed by atoms with Crippen LogP contribution in [0.15, 0.2) is 24.3 Å². The number of nitrogens with zero attached hydrogens (tertiary/aromatic N) is 2. The molecule has 1 rings (SSSR count). The van der Waals surface area contributed by atoms with Crippen LogP contribution in [-0.2, 0) is 6.54 Å². The summed E-state index contributed by atoms with van der Waals surface area (Å²) >= 11 is 11.6. The highest BCUT2D eigenvalue weighted by molar-refractivity contribution is 6.30. The van der Waals surface area contributed by atoms with Crippen molar-refractivity contribution < 1.29 is 0 Å². The fourth-order valence-corrected chi connectivity index (χ4v) is 1.77. The number of hydrogen-bond acceptors (Lipinski definition) is 2. The number of benzene rings is 1. The molecule has 0 aliphatic carbocycles. The molecule has 4 heteroatoms. The van der Waals surface area contributed by atoms with Gasteiger partial charge in [0.05, 0.1) is 6.07 Å². The van der Waals surface area contributed by atoms with Gasteiger partial charge >= 0.3 is 0 Å². The summed E-state index contributed by atoms with van der Waals surface area (Å²) in [6, 6.07) is 9.65. The molecule has 1 aromatic carbocycles. The minimum absolute atomic E-state index is 0.464. The van der Waals surface area contributed by atoms with Crippen molar-refractivity contribution in [3.63, 3.8) is 0 Å². The fourth-order valence-electron chi connectivity index (χ4n) is 1.33. The lowest BCUT2D eigenvalue weighted by Gasteiger charge is -2.16. The second-order valence-corrected chi connectivity index (χ2v) is 4.39. The van der Waals surface area contributed by atoms with E-state index >= 15 is 0 Å². The first kappa shape index (κ1) is 12.3. The quantitative estimate of drug-likeness (QED) is 0.760. The number of nitriles is 1. The van der Waals surface area contributed by atoms with Crippen LogP contribution < -0.4 is 0 Å². The molecule has 0 saturated carbocycles. The minimum Gasteiger partial charge on any atom is -0.300 e. The summed E-state index contributed by atoms with van der Waals surface area (Å²) in [5.41, 5.74) is 1.12. The molecule has 1 unspecified atom stereocenters. The first-order chi connectivity index (χ1) is 7.11. The Kier molecular flexibility index (Phi) is 4.90. The van der Waals surface area contributed by atoms with Gasteiger partial charge in [-0.3, -0.25) is 4.90 Å². The third-order valence-electron chi connectivity index (χ3n) is 1.95. The highest BCUT2D eigenvalue weighted by Gasteiger charge is 2.07. The van der Waals surface area contributed by atoms with Gasteiger partial charge in [-0.25, -0.2) is 0 Å². The molecule has 0 amide bonds. The van der Waals surface area contributed by atoms with Gasteiger partial charge in [0.2, 0.25) is 0 Å². The van der Waals surface area contributed by atoms with Crippen molar-refractivity contribution >= 4 is 23.2 Å². The second-order valence-electron chi connectivity index (χ2n) is 3.42. The summed E-state index contributed by atoms with van der Waals surface area (Å²) in [7, 11) is 1.92. The van der Waals surface area contributed by atoms with E-state index in [0.29, 0.717) is 6.54 Å². The highest BCUT2D eigenvalue weighted by Crippen LogP contribution is 2.12. The topological polar surface area (TPSA) is 27.0 Å². The molecule has 0 fully saturated rings. The molecule has 0 spiro atoms. The van der Waals surface area contributed by atoms with Crippen LogP contribution >= 0.6 is 23.2 Å². The zero-order chi connectivity index (χ0) is 11.3. The average Bonchev–Trinajstić information content (AvgIpc) is 2.17. The Balaban J connectivity index is 2.52. The number of hydrogen-bond donors (Lipinski definition) is 0. The monoisotopic (exact) mass is 242 g/mol. The van der Waals surface area contributed by atoms with Crippen molar-refractivity contribution in [3.8, 4) is 6.07 Å². The fraction of sp³-hybridized carbons (Fsp3) is 0.364. The third kappa shape index (κ3) is 4.53. The first-order valence-electron chi connectivity index (χ1n) is 4.58. The zero-order valence-corrected chi connectivity index (χ0v) is 9.96. The van der Waals surface area contributed by atoms with E-state index < -0.39 is 5.38 Å². The highest BCUT2D eigenvalue weighted by atomic mass is 35.5. The third-order valence-corrected chi connectivity index (χ3v) is 2.42. The maximum atomic E-state index is 8.56. The lowest BCUT2D eigenvalue weighted by Crippen LogP contribution is -2.24. The zero-order valence-electron chi connectivity index (χ0n) is 8.45. The maximum Gasteiger partial charge on any atom is 0.133 e. The number of halogens is 2. The Hall–Kier alpha value is -0.750. The van der Waals surface area contributed by atoms with Gasteiger partial charge in [-0.15, -0.1) is 11.6 Å². The molecule has 0 aliphatic heterocycles. The van der Waals surface area contributed by atoms with E-state index in [9.17, 15) is 0 Å². The van der Waals surface area contributed by atoms with E-state index in [1.165, 1.54) is 0 Å². The van der Waals surface area contributed by atoms with Crippen molar-refractivity contribution in [2.24, 2.45) is 0 Å². The summed E-state index contributed by atoms with van der Waals surface area (Å²) in [6.45, 7) is 1.29. The molecule has 15 heavy (non-hydrogen) atoms. The number of alkyl halides is 1. The summed E-state index contributed by atoms with van der Waals surface area (Å²) in [4.78, 5) is 1.99. The number of rotatable bonds is 4. The van der Waals surface area contributed by atoms with Crippen molar-refractivity contribution in [2.45, 2.75) is 11.9 Å². The predicted molar refractivity (Wildman–Crippen MR) is 63.0 cm³/mol. The van der Waals surface area contributed by atoms with E-state index in [4.69, 9.17) is 28.5 Å². The average molecular weight is 243 g/mol. The van der Waals surface area contributed by atoms with Crippen molar-refractivity contribution in [1.29, 1.82) is 5.26 Å². The normalized spacial score (nSPS) is 12.5. The Bertz CT molecular complexity index is 360. The van der Waals surface area contributed by atoms with Crippen LogP contribution in [0.2, 0.25) is 5.02 Å². The Morgan fingerprint density at radius 3 is 2.87 bits per heavy atom. The molecule has 80 valence electrons. The van der Waals surface area contributed by atoms with Crippen LogP contribution in [-0.4, -0.2) is 23.9 Å². The Morgan fingerprint density at radius 2 is 2.27 bits per heavy atom. The van der Waals surface area contributed by atoms with E-state index in [2.05, 4.69) is 0 Å². The van der Waals surface area contributed by atoms with Crippen LogP contribution in [0, 0.1) is 11.3 Å². The molecule has 0 saturated heterocycles. The molecule has 1 aromatic rings. The van der Waals surface area contributed by atoms with E-state index in [1.807, 2.05) is 42.3 Å². The van der Waals surface area contributed by atoms with Gasteiger partial charge in [-0.1, -0.05) is 23.7 Å². The molecule has 1 atom stereocenters.